The van der Waals surface area contributed by atoms with Crippen LogP contribution in [0.2, 0.25) is 0 Å². The van der Waals surface area contributed by atoms with E-state index in [1.807, 2.05) is 36.4 Å². The van der Waals surface area contributed by atoms with Crippen molar-refractivity contribution in [2.24, 2.45) is 0 Å². The van der Waals surface area contributed by atoms with Gasteiger partial charge in [0.1, 0.15) is 6.10 Å². The first-order valence-corrected chi connectivity index (χ1v) is 13.3. The molecular formula is C30H41N3O3. The molecule has 0 atom stereocenters. The first kappa shape index (κ1) is 27.6. The summed E-state index contributed by atoms with van der Waals surface area (Å²) in [4.78, 5) is 9.51. The first-order chi connectivity index (χ1) is 17.7. The quantitative estimate of drug-likeness (QED) is 0.177. The van der Waals surface area contributed by atoms with E-state index in [1.54, 1.807) is 0 Å². The van der Waals surface area contributed by atoms with Gasteiger partial charge in [0.05, 0.1) is 18.9 Å². The summed E-state index contributed by atoms with van der Waals surface area (Å²) in [5, 5.41) is 0. The van der Waals surface area contributed by atoms with Crippen LogP contribution in [0.4, 0.5) is 5.69 Å². The maximum atomic E-state index is 6.27. The number of aryl methyl sites for hydroxylation is 2. The second-order valence-corrected chi connectivity index (χ2v) is 9.09. The highest BCUT2D eigenvalue weighted by atomic mass is 16.6. The molecule has 3 aromatic rings. The summed E-state index contributed by atoms with van der Waals surface area (Å²) in [6.07, 6.45) is 6.80. The van der Waals surface area contributed by atoms with E-state index in [0.717, 1.165) is 67.6 Å². The Labute approximate surface area is 216 Å². The lowest BCUT2D eigenvalue weighted by atomic mass is 10.1. The molecule has 1 aromatic heterocycles. The minimum atomic E-state index is -0.266. The highest BCUT2D eigenvalue weighted by molar-refractivity contribution is 5.62. The molecule has 0 saturated heterocycles. The van der Waals surface area contributed by atoms with Crippen LogP contribution in [0.3, 0.4) is 0 Å². The third-order valence-corrected chi connectivity index (χ3v) is 5.87. The van der Waals surface area contributed by atoms with Crippen molar-refractivity contribution < 1.29 is 14.2 Å². The molecule has 6 nitrogen and oxygen atoms in total. The molecule has 0 aliphatic heterocycles. The summed E-state index contributed by atoms with van der Waals surface area (Å²) >= 11 is 0. The summed E-state index contributed by atoms with van der Waals surface area (Å²) in [7, 11) is 0. The van der Waals surface area contributed by atoms with Gasteiger partial charge in [0.15, 0.2) is 0 Å². The SMILES string of the molecule is CCCCOCC(COCCCC)Oc1nc(CCCc2ccccc2)cc(-c2ccc(N)cc2)n1. The normalized spacial score (nSPS) is 11.2. The zero-order valence-electron chi connectivity index (χ0n) is 21.8. The van der Waals surface area contributed by atoms with Crippen molar-refractivity contribution >= 4 is 5.69 Å². The molecule has 0 bridgehead atoms. The minimum Gasteiger partial charge on any atom is -0.455 e. The number of benzene rings is 2. The number of unbranched alkanes of at least 4 members (excludes halogenated alkanes) is 2. The molecule has 0 amide bonds. The number of ether oxygens (including phenoxy) is 3. The van der Waals surface area contributed by atoms with Crippen LogP contribution in [-0.2, 0) is 22.3 Å². The number of hydrogen-bond acceptors (Lipinski definition) is 6. The van der Waals surface area contributed by atoms with Crippen LogP contribution in [0.15, 0.2) is 60.7 Å². The van der Waals surface area contributed by atoms with Gasteiger partial charge in [-0.2, -0.15) is 4.98 Å². The Morgan fingerprint density at radius 3 is 2.08 bits per heavy atom. The van der Waals surface area contributed by atoms with Crippen LogP contribution in [0.1, 0.15) is 57.2 Å². The fraction of sp³-hybridized carbons (Fsp3) is 0.467. The van der Waals surface area contributed by atoms with Gasteiger partial charge in [-0.3, -0.25) is 0 Å². The number of nitrogen functional groups attached to an aromatic ring is 1. The third-order valence-electron chi connectivity index (χ3n) is 5.87. The van der Waals surface area contributed by atoms with E-state index in [-0.39, 0.29) is 6.10 Å². The van der Waals surface area contributed by atoms with Crippen molar-refractivity contribution in [2.75, 3.05) is 32.2 Å². The maximum absolute atomic E-state index is 6.27. The Bertz CT molecular complexity index is 984. The highest BCUT2D eigenvalue weighted by Crippen LogP contribution is 2.23. The fourth-order valence-corrected chi connectivity index (χ4v) is 3.76. The van der Waals surface area contributed by atoms with E-state index in [1.165, 1.54) is 5.56 Å². The number of aromatic nitrogens is 2. The molecule has 0 unspecified atom stereocenters. The van der Waals surface area contributed by atoms with Crippen molar-refractivity contribution in [3.63, 3.8) is 0 Å². The van der Waals surface area contributed by atoms with Gasteiger partial charge in [-0.05, 0) is 55.9 Å². The average molecular weight is 492 g/mol. The summed E-state index contributed by atoms with van der Waals surface area (Å²) in [6, 6.07) is 20.7. The van der Waals surface area contributed by atoms with E-state index >= 15 is 0 Å². The Balaban J connectivity index is 1.75. The Morgan fingerprint density at radius 2 is 1.44 bits per heavy atom. The van der Waals surface area contributed by atoms with Gasteiger partial charge < -0.3 is 19.9 Å². The van der Waals surface area contributed by atoms with E-state index < -0.39 is 0 Å². The van der Waals surface area contributed by atoms with Crippen LogP contribution >= 0.6 is 0 Å². The molecule has 0 fully saturated rings. The molecule has 6 heteroatoms. The van der Waals surface area contributed by atoms with E-state index in [2.05, 4.69) is 38.1 Å². The van der Waals surface area contributed by atoms with Crippen molar-refractivity contribution in [1.82, 2.24) is 9.97 Å². The number of hydrogen-bond donors (Lipinski definition) is 1. The van der Waals surface area contributed by atoms with Crippen molar-refractivity contribution in [1.29, 1.82) is 0 Å². The zero-order valence-corrected chi connectivity index (χ0v) is 21.8. The molecule has 0 saturated carbocycles. The largest absolute Gasteiger partial charge is 0.455 e. The highest BCUT2D eigenvalue weighted by Gasteiger charge is 2.16. The standard InChI is InChI=1S/C30H41N3O3/c1-3-5-19-34-22-28(23-35-20-6-4-2)36-30-32-27(14-10-13-24-11-8-7-9-12-24)21-29(33-30)25-15-17-26(31)18-16-25/h7-9,11-12,15-18,21,28H,3-6,10,13-14,19-20,22-23,31H2,1-2H3. The Morgan fingerprint density at radius 1 is 0.778 bits per heavy atom. The monoisotopic (exact) mass is 491 g/mol. The van der Waals surface area contributed by atoms with Crippen molar-refractivity contribution in [3.8, 4) is 17.3 Å². The van der Waals surface area contributed by atoms with Gasteiger partial charge >= 0.3 is 6.01 Å². The van der Waals surface area contributed by atoms with Crippen LogP contribution in [-0.4, -0.2) is 42.5 Å². The average Bonchev–Trinajstić information content (AvgIpc) is 2.90. The number of nitrogens with zero attached hydrogens (tertiary/aromatic N) is 2. The molecule has 36 heavy (non-hydrogen) atoms. The van der Waals surface area contributed by atoms with E-state index in [4.69, 9.17) is 29.9 Å². The predicted molar refractivity (Wildman–Crippen MR) is 146 cm³/mol. The van der Waals surface area contributed by atoms with Crippen LogP contribution in [0.25, 0.3) is 11.3 Å². The number of nitrogens with two attached hydrogens (primary N) is 1. The molecular weight excluding hydrogens is 450 g/mol. The second-order valence-electron chi connectivity index (χ2n) is 9.09. The summed E-state index contributed by atoms with van der Waals surface area (Å²) in [6.45, 7) is 6.63. The van der Waals surface area contributed by atoms with Gasteiger partial charge in [-0.25, -0.2) is 4.98 Å². The van der Waals surface area contributed by atoms with Gasteiger partial charge in [-0.15, -0.1) is 0 Å². The molecule has 0 radical (unpaired) electrons. The summed E-state index contributed by atoms with van der Waals surface area (Å²) in [5.74, 6) is 0. The molecule has 2 N–H and O–H groups in total. The predicted octanol–water partition coefficient (Wildman–Crippen LogP) is 6.28. The number of rotatable bonds is 17. The minimum absolute atomic E-state index is 0.266. The van der Waals surface area contributed by atoms with Gasteiger partial charge in [-0.1, -0.05) is 69.2 Å². The fourth-order valence-electron chi connectivity index (χ4n) is 3.76. The summed E-state index contributed by atoms with van der Waals surface area (Å²) in [5.41, 5.74) is 10.7. The van der Waals surface area contributed by atoms with Crippen LogP contribution in [0, 0.1) is 0 Å². The molecule has 3 rings (SSSR count). The lowest BCUT2D eigenvalue weighted by molar-refractivity contribution is -0.0111. The molecule has 0 aliphatic rings. The van der Waals surface area contributed by atoms with Crippen LogP contribution in [0.5, 0.6) is 6.01 Å². The van der Waals surface area contributed by atoms with Crippen molar-refractivity contribution in [3.05, 3.63) is 71.9 Å². The molecule has 0 spiro atoms. The zero-order chi connectivity index (χ0) is 25.4. The van der Waals surface area contributed by atoms with E-state index in [0.29, 0.717) is 32.4 Å². The molecule has 0 aliphatic carbocycles. The number of anilines is 1. The third kappa shape index (κ3) is 9.96. The van der Waals surface area contributed by atoms with Crippen LogP contribution < -0.4 is 10.5 Å². The second kappa shape index (κ2) is 15.9. The smallest absolute Gasteiger partial charge is 0.317 e. The lowest BCUT2D eigenvalue weighted by Crippen LogP contribution is -2.30. The topological polar surface area (TPSA) is 79.5 Å². The Hall–Kier alpha value is -2.96. The maximum Gasteiger partial charge on any atom is 0.317 e. The molecule has 194 valence electrons. The molecule has 1 heterocycles. The lowest BCUT2D eigenvalue weighted by Gasteiger charge is -2.19. The first-order valence-electron chi connectivity index (χ1n) is 13.3. The van der Waals surface area contributed by atoms with Gasteiger partial charge in [0.25, 0.3) is 0 Å². The van der Waals surface area contributed by atoms with Gasteiger partial charge in [0.2, 0.25) is 0 Å². The summed E-state index contributed by atoms with van der Waals surface area (Å²) < 4.78 is 18.0. The Kier molecular flexibility index (Phi) is 12.2. The van der Waals surface area contributed by atoms with Gasteiger partial charge in [0, 0.05) is 30.2 Å². The van der Waals surface area contributed by atoms with Crippen molar-refractivity contribution in [2.45, 2.75) is 64.9 Å². The van der Waals surface area contributed by atoms with E-state index in [9.17, 15) is 0 Å². The molecule has 2 aromatic carbocycles.